The van der Waals surface area contributed by atoms with Gasteiger partial charge in [0, 0.05) is 4.90 Å². The van der Waals surface area contributed by atoms with E-state index >= 15 is 0 Å². The third-order valence-electron chi connectivity index (χ3n) is 6.90. The van der Waals surface area contributed by atoms with Crippen LogP contribution in [-0.2, 0) is 27.3 Å². The minimum atomic E-state index is -3.87. The molecule has 4 atom stereocenters. The first kappa shape index (κ1) is 37.4. The molecule has 0 heterocycles. The second-order valence-corrected chi connectivity index (χ2v) is 18.2. The number of benzene rings is 3. The predicted molar refractivity (Wildman–Crippen MR) is 176 cm³/mol. The van der Waals surface area contributed by atoms with Crippen LogP contribution >= 0.6 is 9.69 Å². The summed E-state index contributed by atoms with van der Waals surface area (Å²) in [6, 6.07) is 23.3. The zero-order valence-corrected chi connectivity index (χ0v) is 29.4. The van der Waals surface area contributed by atoms with Crippen LogP contribution < -0.4 is 0 Å². The van der Waals surface area contributed by atoms with Gasteiger partial charge in [-0.05, 0) is 43.4 Å². The Balaban J connectivity index is 0.000000468. The Hall–Kier alpha value is -1.60. The van der Waals surface area contributed by atoms with E-state index in [9.17, 15) is 8.42 Å². The molecule has 0 radical (unpaired) electrons. The first-order valence-electron chi connectivity index (χ1n) is 13.8. The van der Waals surface area contributed by atoms with Crippen molar-refractivity contribution in [2.75, 3.05) is 0 Å². The van der Waals surface area contributed by atoms with E-state index < -0.39 is 30.2 Å². The van der Waals surface area contributed by atoms with Gasteiger partial charge in [0.1, 0.15) is 10.0 Å². The summed E-state index contributed by atoms with van der Waals surface area (Å²) < 4.78 is 29.8. The van der Waals surface area contributed by atoms with Gasteiger partial charge in [0.25, 0.3) is 0 Å². The molecule has 3 aromatic rings. The van der Waals surface area contributed by atoms with E-state index in [1.807, 2.05) is 84.9 Å². The van der Waals surface area contributed by atoms with Crippen LogP contribution in [0.1, 0.15) is 55.5 Å². The van der Waals surface area contributed by atoms with Crippen LogP contribution in [0.5, 0.6) is 0 Å². The van der Waals surface area contributed by atoms with Crippen LogP contribution in [-0.4, -0.2) is 16.5 Å². The molecular formula is C33H45ClN2O2RuSSi. The normalized spacial score (nSPS) is 17.8. The van der Waals surface area contributed by atoms with Crippen molar-refractivity contribution in [1.82, 2.24) is 0 Å². The molecule has 224 valence electrons. The van der Waals surface area contributed by atoms with Gasteiger partial charge in [-0.3, -0.25) is 0 Å². The minimum absolute atomic E-state index is 0.143. The zero-order valence-electron chi connectivity index (χ0n) is 25.1. The number of allylic oxidation sites excluding steroid dienone is 2. The SMILES string of the molecule is C[C@H]1C=C[C@@H]([Si](C)(C)C)CC1.Cc1ccc(S(=O)(=O)[N-][C@@H](c2ccccc2)[C@@H]([NH-])c2ccccc2)cc1.[CH2-]C.[Cl][Ru+3]. The molecule has 0 aromatic heterocycles. The molecule has 0 fully saturated rings. The molecule has 1 N–H and O–H groups in total. The van der Waals surface area contributed by atoms with E-state index in [1.165, 1.54) is 12.8 Å². The van der Waals surface area contributed by atoms with Crippen molar-refractivity contribution >= 4 is 27.8 Å². The van der Waals surface area contributed by atoms with Crippen LogP contribution in [0.3, 0.4) is 0 Å². The number of hydrogen-bond acceptors (Lipinski definition) is 2. The molecule has 4 rings (SSSR count). The van der Waals surface area contributed by atoms with Gasteiger partial charge in [-0.25, -0.2) is 8.42 Å². The van der Waals surface area contributed by atoms with Gasteiger partial charge >= 0.3 is 27.0 Å². The number of nitrogens with zero attached hydrogens (tertiary/aromatic N) is 1. The Labute approximate surface area is 265 Å². The fourth-order valence-electron chi connectivity index (χ4n) is 4.41. The molecule has 0 saturated carbocycles. The van der Waals surface area contributed by atoms with Gasteiger partial charge in [-0.2, -0.15) is 6.92 Å². The summed E-state index contributed by atoms with van der Waals surface area (Å²) >= 11 is 1.82. The van der Waals surface area contributed by atoms with Gasteiger partial charge in [-0.15, -0.1) is 12.1 Å². The average molecular weight is 698 g/mol. The van der Waals surface area contributed by atoms with Crippen molar-refractivity contribution in [3.63, 3.8) is 0 Å². The fourth-order valence-corrected chi connectivity index (χ4v) is 7.27. The second-order valence-electron chi connectivity index (χ2n) is 11.0. The maximum atomic E-state index is 12.8. The summed E-state index contributed by atoms with van der Waals surface area (Å²) in [5, 5.41) is 0. The van der Waals surface area contributed by atoms with Crippen molar-refractivity contribution in [2.24, 2.45) is 5.92 Å². The summed E-state index contributed by atoms with van der Waals surface area (Å²) in [5.74, 6) is 0.836. The summed E-state index contributed by atoms with van der Waals surface area (Å²) in [4.78, 5) is 0.143. The molecule has 8 heteroatoms. The Bertz CT molecular complexity index is 1250. The summed E-state index contributed by atoms with van der Waals surface area (Å²) in [6.45, 7) is 16.6. The molecule has 0 unspecified atom stereocenters. The van der Waals surface area contributed by atoms with E-state index in [-0.39, 0.29) is 4.90 Å². The van der Waals surface area contributed by atoms with E-state index in [0.717, 1.165) is 22.6 Å². The predicted octanol–water partition coefficient (Wildman–Crippen LogP) is 10.8. The first-order valence-corrected chi connectivity index (χ1v) is 21.1. The van der Waals surface area contributed by atoms with Gasteiger partial charge in [0.2, 0.25) is 0 Å². The van der Waals surface area contributed by atoms with Gasteiger partial charge in [0.05, 0.1) is 8.07 Å². The number of rotatable bonds is 7. The monoisotopic (exact) mass is 698 g/mol. The molecule has 3 aromatic carbocycles. The molecule has 41 heavy (non-hydrogen) atoms. The van der Waals surface area contributed by atoms with E-state index in [1.54, 1.807) is 31.2 Å². The quantitative estimate of drug-likeness (QED) is 0.140. The molecular weight excluding hydrogens is 653 g/mol. The third-order valence-corrected chi connectivity index (χ3v) is 11.0. The number of nitrogens with one attached hydrogen (secondary N) is 1. The summed E-state index contributed by atoms with van der Waals surface area (Å²) in [5.41, 5.74) is 12.0. The van der Waals surface area contributed by atoms with Crippen LogP contribution in [0, 0.1) is 19.8 Å². The summed E-state index contributed by atoms with van der Waals surface area (Å²) in [7, 11) is -0.176. The molecule has 0 bridgehead atoms. The van der Waals surface area contributed by atoms with E-state index in [2.05, 4.69) is 60.1 Å². The Morgan fingerprint density at radius 2 is 1.34 bits per heavy atom. The standard InChI is InChI=1S/C21H20N2O2S.C10H20Si.C2H5.ClH.Ru/c1-16-12-14-19(15-13-16)26(24,25)23-21(18-10-6-3-7-11-18)20(22)17-8-4-2-5-9-17;1-9-5-7-10(8-6-9)11(2,3)4;1-2;;/h2-15,20-22H,1H3;5,7,9-10H,6,8H2,1-4H3;1H2,2H3;1H;/q-2;;-1;;+4/p-1/t20-,21-;9-,10+;;;/m00.../s1. The topological polar surface area (TPSA) is 72.0 Å². The van der Waals surface area contributed by atoms with E-state index in [4.69, 9.17) is 5.73 Å². The van der Waals surface area contributed by atoms with Crippen LogP contribution in [0.2, 0.25) is 25.2 Å². The van der Waals surface area contributed by atoms with Crippen LogP contribution in [0.4, 0.5) is 0 Å². The van der Waals surface area contributed by atoms with E-state index in [0.29, 0.717) is 5.56 Å². The van der Waals surface area contributed by atoms with Crippen LogP contribution in [0.25, 0.3) is 10.5 Å². The van der Waals surface area contributed by atoms with Crippen molar-refractivity contribution < 1.29 is 25.7 Å². The molecule has 0 saturated heterocycles. The molecule has 4 nitrogen and oxygen atoms in total. The van der Waals surface area contributed by atoms with Crippen molar-refractivity contribution in [3.8, 4) is 0 Å². The number of hydrogen-bond donors (Lipinski definition) is 0. The number of aryl methyl sites for hydroxylation is 1. The van der Waals surface area contributed by atoms with Crippen molar-refractivity contribution in [1.29, 1.82) is 0 Å². The number of halogens is 1. The zero-order chi connectivity index (χ0) is 31.1. The second kappa shape index (κ2) is 18.8. The van der Waals surface area contributed by atoms with Crippen molar-refractivity contribution in [2.45, 2.75) is 75.8 Å². The first-order chi connectivity index (χ1) is 19.5. The van der Waals surface area contributed by atoms with Crippen LogP contribution in [0.15, 0.2) is 102 Å². The molecule has 0 aliphatic heterocycles. The molecule has 1 aliphatic rings. The summed E-state index contributed by atoms with van der Waals surface area (Å²) in [6.07, 6.45) is 7.73. The molecule has 1 aliphatic carbocycles. The van der Waals surface area contributed by atoms with Gasteiger partial charge in [-0.1, -0.05) is 128 Å². The molecule has 0 amide bonds. The van der Waals surface area contributed by atoms with Crippen molar-refractivity contribution in [3.05, 3.63) is 131 Å². The Morgan fingerprint density at radius 1 is 0.854 bits per heavy atom. The molecule has 0 spiro atoms. The maximum absolute atomic E-state index is 12.8. The Morgan fingerprint density at radius 3 is 1.78 bits per heavy atom. The fraction of sp³-hybridized carbons (Fsp3) is 0.364. The Kier molecular flexibility index (Phi) is 17.2. The third kappa shape index (κ3) is 12.7. The average Bonchev–Trinajstić information content (AvgIpc) is 2.99. The van der Waals surface area contributed by atoms with Gasteiger partial charge < -0.3 is 17.4 Å². The number of sulfonamides is 1. The van der Waals surface area contributed by atoms with Gasteiger partial charge in [0.15, 0.2) is 0 Å².